The van der Waals surface area contributed by atoms with Crippen LogP contribution in [0.5, 0.6) is 0 Å². The Morgan fingerprint density at radius 2 is 1.75 bits per heavy atom. The monoisotopic (exact) mass is 337 g/mol. The van der Waals surface area contributed by atoms with Crippen molar-refractivity contribution < 1.29 is 44.8 Å². The predicted octanol–water partition coefficient (Wildman–Crippen LogP) is -2.02. The van der Waals surface area contributed by atoms with Crippen LogP contribution in [0.1, 0.15) is 11.4 Å². The molecular formula is C7H19N2O9P2+. The van der Waals surface area contributed by atoms with Crippen LogP contribution in [0.25, 0.3) is 0 Å². The molecule has 9 N–H and O–H groups in total. The molecule has 1 unspecified atom stereocenters. The van der Waals surface area contributed by atoms with Gasteiger partial charge in [-0.2, -0.15) is 0 Å². The third kappa shape index (κ3) is 9.21. The Balaban J connectivity index is -0.000000429. The molecular weight excluding hydrogens is 318 g/mol. The van der Waals surface area contributed by atoms with Crippen LogP contribution in [-0.2, 0) is 15.7 Å². The highest BCUT2D eigenvalue weighted by Gasteiger charge is 2.26. The van der Waals surface area contributed by atoms with Gasteiger partial charge in [-0.15, -0.1) is 9.79 Å². The van der Waals surface area contributed by atoms with E-state index in [2.05, 4.69) is 4.98 Å². The first-order chi connectivity index (χ1) is 8.05. The first-order valence-electron chi connectivity index (χ1n) is 4.62. The van der Waals surface area contributed by atoms with Crippen LogP contribution in [-0.4, -0.2) is 51.0 Å². The number of aliphatic hydroxyl groups excluding tert-OH is 1. The summed E-state index contributed by atoms with van der Waals surface area (Å²) in [6.45, 7) is 3.42. The fourth-order valence-corrected chi connectivity index (χ4v) is 1.40. The topological polar surface area (TPSA) is 216 Å². The zero-order valence-corrected chi connectivity index (χ0v) is 12.5. The molecule has 0 amide bonds. The van der Waals surface area contributed by atoms with Gasteiger partial charge in [0, 0.05) is 10.3 Å². The van der Waals surface area contributed by atoms with Gasteiger partial charge in [0.25, 0.3) is 0 Å². The van der Waals surface area contributed by atoms with E-state index in [1.807, 2.05) is 0 Å². The summed E-state index contributed by atoms with van der Waals surface area (Å²) in [5, 5.41) is 9.16. The minimum absolute atomic E-state index is 0. The second-order valence-corrected chi connectivity index (χ2v) is 5.67. The molecule has 13 heteroatoms. The molecule has 0 saturated heterocycles. The molecule has 1 heterocycles. The van der Waals surface area contributed by atoms with E-state index in [1.165, 1.54) is 10.9 Å². The minimum atomic E-state index is -4.43. The van der Waals surface area contributed by atoms with Gasteiger partial charge in [0.1, 0.15) is 0 Å². The number of aromatic nitrogens is 2. The van der Waals surface area contributed by atoms with Crippen molar-refractivity contribution in [3.8, 4) is 0 Å². The Labute approximate surface area is 115 Å². The predicted molar refractivity (Wildman–Crippen MR) is 69.0 cm³/mol. The van der Waals surface area contributed by atoms with E-state index in [0.29, 0.717) is 0 Å². The summed E-state index contributed by atoms with van der Waals surface area (Å²) in [6.07, 6.45) is 1.45. The molecule has 0 radical (unpaired) electrons. The fourth-order valence-electron chi connectivity index (χ4n) is 1.01. The summed E-state index contributed by atoms with van der Waals surface area (Å²) >= 11 is 0. The zero-order chi connectivity index (χ0) is 14.5. The molecule has 0 spiro atoms. The quantitative estimate of drug-likeness (QED) is 0.386. The maximum absolute atomic E-state index is 10.7. The minimum Gasteiger partial charge on any atom is -0.412 e. The third-order valence-corrected chi connectivity index (χ3v) is 3.03. The number of hydrogen-bond donors (Lipinski definition) is 5. The standard InChI is InChI=1S/C7H13N2O4P.HO3P.2H2O/c1-5-6(2)9(4-8-5)3-7(10)14(11,12)13;1-4(2)3;;/h4,7,10H,3H2,1-2H3,(H2,11,12,13);(H-,1,2,3);2*1H2/p+1. The summed E-state index contributed by atoms with van der Waals surface area (Å²) in [7, 11) is -7.30. The van der Waals surface area contributed by atoms with Crippen molar-refractivity contribution in [2.24, 2.45) is 0 Å². The molecule has 0 aliphatic carbocycles. The fraction of sp³-hybridized carbons (Fsp3) is 0.571. The van der Waals surface area contributed by atoms with Crippen molar-refractivity contribution in [1.29, 1.82) is 0 Å². The summed E-state index contributed by atoms with van der Waals surface area (Å²) in [6, 6.07) is 0. The SMILES string of the molecule is Cc1ncn(CC(O)P(=O)(O)O)c1C.O.O.O=[P+](O)O. The molecule has 11 nitrogen and oxygen atoms in total. The van der Waals surface area contributed by atoms with E-state index in [9.17, 15) is 4.57 Å². The van der Waals surface area contributed by atoms with E-state index in [1.54, 1.807) is 13.8 Å². The maximum Gasteiger partial charge on any atom is 0.692 e. The molecule has 20 heavy (non-hydrogen) atoms. The zero-order valence-electron chi connectivity index (χ0n) is 10.7. The highest BCUT2D eigenvalue weighted by molar-refractivity contribution is 7.52. The summed E-state index contributed by atoms with van der Waals surface area (Å²) < 4.78 is 20.9. The third-order valence-electron chi connectivity index (χ3n) is 2.09. The van der Waals surface area contributed by atoms with Gasteiger partial charge in [0.05, 0.1) is 18.6 Å². The largest absolute Gasteiger partial charge is 0.692 e. The number of aliphatic hydroxyl groups is 1. The van der Waals surface area contributed by atoms with Crippen LogP contribution < -0.4 is 0 Å². The lowest BCUT2D eigenvalue weighted by Gasteiger charge is -2.13. The van der Waals surface area contributed by atoms with Gasteiger partial charge in [-0.3, -0.25) is 4.57 Å². The van der Waals surface area contributed by atoms with Crippen molar-refractivity contribution in [3.63, 3.8) is 0 Å². The summed E-state index contributed by atoms with van der Waals surface area (Å²) in [4.78, 5) is 35.5. The van der Waals surface area contributed by atoms with E-state index in [0.717, 1.165) is 11.4 Å². The molecule has 1 rings (SSSR count). The molecule has 0 saturated carbocycles. The number of hydrogen-bond acceptors (Lipinski definition) is 4. The highest BCUT2D eigenvalue weighted by Crippen LogP contribution is 2.40. The number of nitrogens with zero attached hydrogens (tertiary/aromatic N) is 2. The van der Waals surface area contributed by atoms with E-state index < -0.39 is 21.7 Å². The van der Waals surface area contributed by atoms with E-state index in [-0.39, 0.29) is 17.5 Å². The lowest BCUT2D eigenvalue weighted by Crippen LogP contribution is -2.16. The van der Waals surface area contributed by atoms with Crippen molar-refractivity contribution in [1.82, 2.24) is 9.55 Å². The second-order valence-electron chi connectivity index (χ2n) is 3.39. The van der Waals surface area contributed by atoms with Gasteiger partial charge < -0.3 is 30.4 Å². The van der Waals surface area contributed by atoms with Crippen LogP contribution in [0.3, 0.4) is 0 Å². The first kappa shape index (κ1) is 24.3. The van der Waals surface area contributed by atoms with Gasteiger partial charge in [0.15, 0.2) is 5.85 Å². The number of rotatable bonds is 3. The van der Waals surface area contributed by atoms with Crippen LogP contribution in [0, 0.1) is 13.8 Å². The Morgan fingerprint density at radius 1 is 1.35 bits per heavy atom. The lowest BCUT2D eigenvalue weighted by molar-refractivity contribution is 0.184. The molecule has 0 bridgehead atoms. The average molecular weight is 337 g/mol. The maximum atomic E-state index is 10.7. The second kappa shape index (κ2) is 10.1. The molecule has 120 valence electrons. The van der Waals surface area contributed by atoms with Gasteiger partial charge in [-0.25, -0.2) is 4.98 Å². The van der Waals surface area contributed by atoms with Crippen molar-refractivity contribution >= 4 is 15.9 Å². The van der Waals surface area contributed by atoms with Crippen LogP contribution in [0.15, 0.2) is 6.33 Å². The molecule has 0 aliphatic heterocycles. The van der Waals surface area contributed by atoms with Crippen molar-refractivity contribution in [3.05, 3.63) is 17.7 Å². The summed E-state index contributed by atoms with van der Waals surface area (Å²) in [5.41, 5.74) is 1.57. The smallest absolute Gasteiger partial charge is 0.412 e. The Morgan fingerprint density at radius 3 is 2.00 bits per heavy atom. The lowest BCUT2D eigenvalue weighted by atomic mass is 10.4. The molecule has 1 aromatic heterocycles. The van der Waals surface area contributed by atoms with Crippen molar-refractivity contribution in [2.45, 2.75) is 26.2 Å². The molecule has 0 fully saturated rings. The average Bonchev–Trinajstić information content (AvgIpc) is 2.47. The van der Waals surface area contributed by atoms with Gasteiger partial charge in [-0.1, -0.05) is 0 Å². The van der Waals surface area contributed by atoms with Crippen LogP contribution in [0.2, 0.25) is 0 Å². The first-order valence-corrected chi connectivity index (χ1v) is 7.47. The Hall–Kier alpha value is -0.740. The molecule has 1 atom stereocenters. The summed E-state index contributed by atoms with van der Waals surface area (Å²) in [5.74, 6) is -1.67. The van der Waals surface area contributed by atoms with Crippen LogP contribution >= 0.6 is 15.9 Å². The van der Waals surface area contributed by atoms with Gasteiger partial charge in [-0.05, 0) is 13.8 Å². The highest BCUT2D eigenvalue weighted by atomic mass is 31.2. The van der Waals surface area contributed by atoms with E-state index >= 15 is 0 Å². The number of imidazole rings is 1. The molecule has 1 aromatic rings. The molecule has 0 aromatic carbocycles. The normalized spacial score (nSPS) is 11.3. The van der Waals surface area contributed by atoms with E-state index in [4.69, 9.17) is 29.2 Å². The Bertz CT molecular complexity index is 453. The van der Waals surface area contributed by atoms with Gasteiger partial charge >= 0.3 is 15.9 Å². The Kier molecular flexibility index (Phi) is 12.2. The molecule has 0 aliphatic rings. The number of aryl methyl sites for hydroxylation is 1. The van der Waals surface area contributed by atoms with Gasteiger partial charge in [0.2, 0.25) is 0 Å². The van der Waals surface area contributed by atoms with Crippen molar-refractivity contribution in [2.75, 3.05) is 0 Å². The van der Waals surface area contributed by atoms with Crippen LogP contribution in [0.4, 0.5) is 0 Å².